The molecule has 1 rings (SSSR count). The van der Waals surface area contributed by atoms with Crippen molar-refractivity contribution in [3.63, 3.8) is 0 Å². The molecule has 0 aliphatic heterocycles. The number of primary sulfonamides is 1. The molecule has 0 saturated heterocycles. The molecule has 0 aliphatic carbocycles. The van der Waals surface area contributed by atoms with Gasteiger partial charge in [0.1, 0.15) is 5.69 Å². The van der Waals surface area contributed by atoms with E-state index in [-0.39, 0.29) is 0 Å². The Kier molecular flexibility index (Phi) is 3.38. The van der Waals surface area contributed by atoms with Gasteiger partial charge in [-0.25, -0.2) is 26.7 Å². The first kappa shape index (κ1) is 12.7. The first-order valence-corrected chi connectivity index (χ1v) is 5.37. The monoisotopic (exact) mass is 256 g/mol. The lowest BCUT2D eigenvalue weighted by Crippen LogP contribution is -2.18. The Bertz CT molecular complexity index is 504. The summed E-state index contributed by atoms with van der Waals surface area (Å²) in [5.41, 5.74) is -1.14. The van der Waals surface area contributed by atoms with Crippen LogP contribution < -0.4 is 9.88 Å². The molecule has 0 radical (unpaired) electrons. The summed E-state index contributed by atoms with van der Waals surface area (Å²) in [6.07, 6.45) is -2.77. The Hall–Kier alpha value is -1.35. The molecule has 0 bridgehead atoms. The zero-order chi connectivity index (χ0) is 12.5. The van der Waals surface area contributed by atoms with Crippen molar-refractivity contribution < 1.29 is 26.3 Å². The summed E-state index contributed by atoms with van der Waals surface area (Å²) in [4.78, 5) is 1.85. The molecule has 0 aliphatic rings. The molecule has 0 unspecified atom stereocenters. The molecule has 0 spiro atoms. The molecule has 1 heterocycles. The molecule has 1 aromatic heterocycles. The van der Waals surface area contributed by atoms with Crippen LogP contribution >= 0.6 is 0 Å². The second-order valence-electron chi connectivity index (χ2n) is 2.70. The molecular formula is C7H7F3N2O3S. The van der Waals surface area contributed by atoms with Gasteiger partial charge in [0.15, 0.2) is 16.5 Å². The minimum Gasteiger partial charge on any atom is -0.492 e. The number of rotatable bonds is 3. The fourth-order valence-corrected chi connectivity index (χ4v) is 1.96. The first-order valence-electron chi connectivity index (χ1n) is 3.82. The van der Waals surface area contributed by atoms with E-state index in [0.29, 0.717) is 6.20 Å². The third kappa shape index (κ3) is 2.25. The molecule has 0 saturated carbocycles. The van der Waals surface area contributed by atoms with Crippen LogP contribution in [0.15, 0.2) is 11.1 Å². The SMILES string of the molecule is COc1c(F)cnc(C(F)F)c1S(N)(=O)=O. The van der Waals surface area contributed by atoms with Gasteiger partial charge >= 0.3 is 0 Å². The molecular weight excluding hydrogens is 249 g/mol. The number of hydrogen-bond acceptors (Lipinski definition) is 4. The minimum absolute atomic E-state index is 0.439. The number of pyridine rings is 1. The molecule has 0 amide bonds. The molecule has 5 nitrogen and oxygen atoms in total. The van der Waals surface area contributed by atoms with Gasteiger partial charge in [0.25, 0.3) is 6.43 Å². The number of alkyl halides is 2. The summed E-state index contributed by atoms with van der Waals surface area (Å²) in [7, 11) is -3.62. The summed E-state index contributed by atoms with van der Waals surface area (Å²) in [5, 5.41) is 4.69. The van der Waals surface area contributed by atoms with Crippen LogP contribution in [0.4, 0.5) is 13.2 Å². The maximum atomic E-state index is 13.1. The first-order chi connectivity index (χ1) is 7.29. The van der Waals surface area contributed by atoms with Crippen molar-refractivity contribution in [1.29, 1.82) is 0 Å². The van der Waals surface area contributed by atoms with Crippen molar-refractivity contribution in [1.82, 2.24) is 4.98 Å². The number of methoxy groups -OCH3 is 1. The predicted octanol–water partition coefficient (Wildman–Crippen LogP) is 0.814. The van der Waals surface area contributed by atoms with E-state index >= 15 is 0 Å². The molecule has 1 aromatic rings. The summed E-state index contributed by atoms with van der Waals surface area (Å²) < 4.78 is 64.4. The quantitative estimate of drug-likeness (QED) is 0.867. The lowest BCUT2D eigenvalue weighted by molar-refractivity contribution is 0.141. The van der Waals surface area contributed by atoms with Crippen LogP contribution in [0.1, 0.15) is 12.1 Å². The van der Waals surface area contributed by atoms with Crippen molar-refractivity contribution in [2.24, 2.45) is 5.14 Å². The number of hydrogen-bond donors (Lipinski definition) is 1. The molecule has 90 valence electrons. The molecule has 16 heavy (non-hydrogen) atoms. The molecule has 0 fully saturated rings. The van der Waals surface area contributed by atoms with Gasteiger partial charge in [-0.2, -0.15) is 0 Å². The topological polar surface area (TPSA) is 82.3 Å². The Labute approximate surface area is 89.1 Å². The highest BCUT2D eigenvalue weighted by Crippen LogP contribution is 2.32. The van der Waals surface area contributed by atoms with Gasteiger partial charge in [-0.15, -0.1) is 0 Å². The van der Waals surface area contributed by atoms with Gasteiger partial charge in [-0.1, -0.05) is 0 Å². The normalized spacial score (nSPS) is 11.9. The second-order valence-corrected chi connectivity index (χ2v) is 4.20. The predicted molar refractivity (Wildman–Crippen MR) is 47.1 cm³/mol. The van der Waals surface area contributed by atoms with E-state index in [1.807, 2.05) is 0 Å². The Morgan fingerprint density at radius 1 is 1.50 bits per heavy atom. The highest BCUT2D eigenvalue weighted by atomic mass is 32.2. The molecule has 2 N–H and O–H groups in total. The van der Waals surface area contributed by atoms with Crippen LogP contribution in [0, 0.1) is 5.82 Å². The largest absolute Gasteiger partial charge is 0.492 e. The summed E-state index contributed by atoms with van der Waals surface area (Å²) >= 11 is 0. The van der Waals surface area contributed by atoms with Gasteiger partial charge < -0.3 is 4.74 Å². The fourth-order valence-electron chi connectivity index (χ4n) is 1.09. The lowest BCUT2D eigenvalue weighted by Gasteiger charge is -2.11. The molecule has 0 atom stereocenters. The van der Waals surface area contributed by atoms with Crippen molar-refractivity contribution in [3.05, 3.63) is 17.7 Å². The van der Waals surface area contributed by atoms with Crippen LogP contribution in [0.2, 0.25) is 0 Å². The van der Waals surface area contributed by atoms with Crippen LogP contribution in [0.3, 0.4) is 0 Å². The summed E-state index contributed by atoms with van der Waals surface area (Å²) in [6, 6.07) is 0. The van der Waals surface area contributed by atoms with E-state index in [2.05, 4.69) is 9.72 Å². The average Bonchev–Trinajstić information content (AvgIpc) is 2.15. The van der Waals surface area contributed by atoms with Gasteiger partial charge in [-0.3, -0.25) is 4.98 Å². The third-order valence-corrected chi connectivity index (χ3v) is 2.63. The fraction of sp³-hybridized carbons (Fsp3) is 0.286. The average molecular weight is 256 g/mol. The zero-order valence-corrected chi connectivity index (χ0v) is 8.76. The van der Waals surface area contributed by atoms with Gasteiger partial charge in [0.2, 0.25) is 10.0 Å². The van der Waals surface area contributed by atoms with Crippen molar-refractivity contribution in [3.8, 4) is 5.75 Å². The number of aromatic nitrogens is 1. The number of nitrogens with two attached hydrogens (primary N) is 1. The highest BCUT2D eigenvalue weighted by Gasteiger charge is 2.29. The van der Waals surface area contributed by atoms with Crippen LogP contribution in [0.5, 0.6) is 5.75 Å². The van der Waals surface area contributed by atoms with Gasteiger partial charge in [0.05, 0.1) is 13.3 Å². The second kappa shape index (κ2) is 4.26. The molecule has 0 aromatic carbocycles. The van der Waals surface area contributed by atoms with E-state index < -0.39 is 38.6 Å². The van der Waals surface area contributed by atoms with E-state index in [0.717, 1.165) is 7.11 Å². The Morgan fingerprint density at radius 3 is 2.44 bits per heavy atom. The van der Waals surface area contributed by atoms with Crippen LogP contribution in [0.25, 0.3) is 0 Å². The summed E-state index contributed by atoms with van der Waals surface area (Å²) in [6.45, 7) is 0. The Balaban J connectivity index is 3.68. The Morgan fingerprint density at radius 2 is 2.06 bits per heavy atom. The van der Waals surface area contributed by atoms with Crippen molar-refractivity contribution in [2.75, 3.05) is 7.11 Å². The summed E-state index contributed by atoms with van der Waals surface area (Å²) in [5.74, 6) is -2.05. The minimum atomic E-state index is -4.55. The molecule has 9 heteroatoms. The van der Waals surface area contributed by atoms with Crippen molar-refractivity contribution in [2.45, 2.75) is 11.3 Å². The van der Waals surface area contributed by atoms with E-state index in [1.165, 1.54) is 0 Å². The lowest BCUT2D eigenvalue weighted by atomic mass is 10.3. The van der Waals surface area contributed by atoms with Gasteiger partial charge in [-0.05, 0) is 0 Å². The number of ether oxygens (including phenoxy) is 1. The van der Waals surface area contributed by atoms with E-state index in [1.54, 1.807) is 0 Å². The third-order valence-electron chi connectivity index (χ3n) is 1.67. The van der Waals surface area contributed by atoms with Crippen LogP contribution in [-0.2, 0) is 10.0 Å². The smallest absolute Gasteiger partial charge is 0.281 e. The number of sulfonamides is 1. The number of nitrogens with zero attached hydrogens (tertiary/aromatic N) is 1. The highest BCUT2D eigenvalue weighted by molar-refractivity contribution is 7.89. The number of halogens is 3. The maximum absolute atomic E-state index is 13.1. The van der Waals surface area contributed by atoms with Crippen molar-refractivity contribution >= 4 is 10.0 Å². The van der Waals surface area contributed by atoms with Crippen LogP contribution in [-0.4, -0.2) is 20.5 Å². The zero-order valence-electron chi connectivity index (χ0n) is 7.95. The van der Waals surface area contributed by atoms with Gasteiger partial charge in [0, 0.05) is 0 Å². The van der Waals surface area contributed by atoms with E-state index in [4.69, 9.17) is 5.14 Å². The van der Waals surface area contributed by atoms with E-state index in [9.17, 15) is 21.6 Å². The maximum Gasteiger partial charge on any atom is 0.281 e. The standard InChI is InChI=1S/C7H7F3N2O3S/c1-15-5-3(8)2-12-4(7(9)10)6(5)16(11,13)14/h2,7H,1H3,(H2,11,13,14).